The summed E-state index contributed by atoms with van der Waals surface area (Å²) in [5.41, 5.74) is 0.986. The lowest BCUT2D eigenvalue weighted by atomic mass is 10.2. The van der Waals surface area contributed by atoms with Crippen LogP contribution in [-0.2, 0) is 16.1 Å². The lowest BCUT2D eigenvalue weighted by molar-refractivity contribution is -0.131. The summed E-state index contributed by atoms with van der Waals surface area (Å²) in [7, 11) is 3.85. The van der Waals surface area contributed by atoms with Gasteiger partial charge in [-0.3, -0.25) is 4.79 Å². The van der Waals surface area contributed by atoms with E-state index in [1.807, 2.05) is 38.1 Å². The zero-order valence-electron chi connectivity index (χ0n) is 11.4. The van der Waals surface area contributed by atoms with E-state index in [2.05, 4.69) is 10.3 Å². The van der Waals surface area contributed by atoms with E-state index in [0.717, 1.165) is 11.4 Å². The standard InChI is InChI=1S/C13H21N3O2/c1-5-18-10(2)13(17)15-9-11-7-6-8-14-12(11)16(3)4/h6-8,10H,5,9H2,1-4H3,(H,15,17). The predicted octanol–water partition coefficient (Wildman–Crippen LogP) is 1.19. The minimum Gasteiger partial charge on any atom is -0.369 e. The molecule has 0 aliphatic rings. The highest BCUT2D eigenvalue weighted by molar-refractivity contribution is 5.80. The molecule has 1 heterocycles. The van der Waals surface area contributed by atoms with Crippen molar-refractivity contribution >= 4 is 11.7 Å². The van der Waals surface area contributed by atoms with Crippen LogP contribution in [0.4, 0.5) is 5.82 Å². The van der Waals surface area contributed by atoms with Crippen LogP contribution in [-0.4, -0.2) is 37.7 Å². The van der Waals surface area contributed by atoms with Crippen molar-refractivity contribution in [3.8, 4) is 0 Å². The van der Waals surface area contributed by atoms with Crippen molar-refractivity contribution in [2.45, 2.75) is 26.5 Å². The Bertz CT molecular complexity index is 394. The van der Waals surface area contributed by atoms with Gasteiger partial charge in [0.2, 0.25) is 5.91 Å². The van der Waals surface area contributed by atoms with E-state index < -0.39 is 6.10 Å². The lowest BCUT2D eigenvalue weighted by Crippen LogP contribution is -2.34. The van der Waals surface area contributed by atoms with Gasteiger partial charge in [-0.15, -0.1) is 0 Å². The van der Waals surface area contributed by atoms with E-state index in [0.29, 0.717) is 13.2 Å². The van der Waals surface area contributed by atoms with E-state index in [4.69, 9.17) is 4.74 Å². The number of rotatable bonds is 6. The molecule has 1 unspecified atom stereocenters. The number of hydrogen-bond acceptors (Lipinski definition) is 4. The van der Waals surface area contributed by atoms with Crippen LogP contribution < -0.4 is 10.2 Å². The Kier molecular flexibility index (Phi) is 5.58. The molecule has 1 atom stereocenters. The van der Waals surface area contributed by atoms with E-state index in [1.165, 1.54) is 0 Å². The minimum atomic E-state index is -0.422. The first-order chi connectivity index (χ1) is 8.56. The second kappa shape index (κ2) is 6.96. The van der Waals surface area contributed by atoms with Gasteiger partial charge in [-0.25, -0.2) is 4.98 Å². The van der Waals surface area contributed by atoms with Crippen LogP contribution in [0.25, 0.3) is 0 Å². The van der Waals surface area contributed by atoms with Crippen molar-refractivity contribution in [1.29, 1.82) is 0 Å². The Balaban J connectivity index is 2.61. The molecule has 1 aromatic rings. The van der Waals surface area contributed by atoms with E-state index in [1.54, 1.807) is 13.1 Å². The maximum atomic E-state index is 11.7. The first kappa shape index (κ1) is 14.4. The first-order valence-electron chi connectivity index (χ1n) is 6.06. The third-order valence-electron chi connectivity index (χ3n) is 2.53. The van der Waals surface area contributed by atoms with Crippen molar-refractivity contribution in [3.63, 3.8) is 0 Å². The maximum absolute atomic E-state index is 11.7. The molecule has 0 aliphatic heterocycles. The highest BCUT2D eigenvalue weighted by Gasteiger charge is 2.13. The van der Waals surface area contributed by atoms with Gasteiger partial charge in [0.1, 0.15) is 11.9 Å². The van der Waals surface area contributed by atoms with Gasteiger partial charge >= 0.3 is 0 Å². The van der Waals surface area contributed by atoms with E-state index >= 15 is 0 Å². The number of aromatic nitrogens is 1. The molecule has 1 amide bonds. The largest absolute Gasteiger partial charge is 0.369 e. The third kappa shape index (κ3) is 4.00. The average molecular weight is 251 g/mol. The number of nitrogens with zero attached hydrogens (tertiary/aromatic N) is 2. The molecular weight excluding hydrogens is 230 g/mol. The molecule has 5 nitrogen and oxygen atoms in total. The van der Waals surface area contributed by atoms with Crippen LogP contribution in [0.3, 0.4) is 0 Å². The quantitative estimate of drug-likeness (QED) is 0.825. The molecule has 0 radical (unpaired) electrons. The molecule has 1 aromatic heterocycles. The van der Waals surface area contributed by atoms with Gasteiger partial charge in [0.05, 0.1) is 0 Å². The molecule has 1 N–H and O–H groups in total. The molecule has 0 aliphatic carbocycles. The van der Waals surface area contributed by atoms with E-state index in [9.17, 15) is 4.79 Å². The van der Waals surface area contributed by atoms with Gasteiger partial charge in [-0.2, -0.15) is 0 Å². The number of nitrogens with one attached hydrogen (secondary N) is 1. The number of amides is 1. The van der Waals surface area contributed by atoms with Crippen molar-refractivity contribution in [1.82, 2.24) is 10.3 Å². The molecular formula is C13H21N3O2. The summed E-state index contributed by atoms with van der Waals surface area (Å²) in [6.07, 6.45) is 1.32. The average Bonchev–Trinajstić information content (AvgIpc) is 2.36. The number of anilines is 1. The second-order valence-corrected chi connectivity index (χ2v) is 4.20. The van der Waals surface area contributed by atoms with Gasteiger partial charge in [-0.05, 0) is 19.9 Å². The Morgan fingerprint density at radius 2 is 2.28 bits per heavy atom. The molecule has 0 saturated carbocycles. The van der Waals surface area contributed by atoms with Crippen LogP contribution in [0.2, 0.25) is 0 Å². The molecule has 0 aromatic carbocycles. The summed E-state index contributed by atoms with van der Waals surface area (Å²) in [5, 5.41) is 2.85. The van der Waals surface area contributed by atoms with Gasteiger partial charge in [0, 0.05) is 39.0 Å². The SMILES string of the molecule is CCOC(C)C(=O)NCc1cccnc1N(C)C. The van der Waals surface area contributed by atoms with Gasteiger partial charge in [0.15, 0.2) is 0 Å². The first-order valence-corrected chi connectivity index (χ1v) is 6.06. The molecule has 1 rings (SSSR count). The summed E-state index contributed by atoms with van der Waals surface area (Å²) >= 11 is 0. The smallest absolute Gasteiger partial charge is 0.249 e. The lowest BCUT2D eigenvalue weighted by Gasteiger charge is -2.17. The molecule has 0 spiro atoms. The summed E-state index contributed by atoms with van der Waals surface area (Å²) < 4.78 is 5.23. The number of pyridine rings is 1. The van der Waals surface area contributed by atoms with Crippen LogP contribution in [0.15, 0.2) is 18.3 Å². The minimum absolute atomic E-state index is 0.106. The van der Waals surface area contributed by atoms with Crippen LogP contribution in [0, 0.1) is 0 Å². The van der Waals surface area contributed by atoms with Gasteiger partial charge in [0.25, 0.3) is 0 Å². The highest BCUT2D eigenvalue weighted by atomic mass is 16.5. The predicted molar refractivity (Wildman–Crippen MR) is 71.5 cm³/mol. The summed E-state index contributed by atoms with van der Waals surface area (Å²) in [4.78, 5) is 17.9. The molecule has 100 valence electrons. The van der Waals surface area contributed by atoms with Crippen molar-refractivity contribution < 1.29 is 9.53 Å². The van der Waals surface area contributed by atoms with Crippen molar-refractivity contribution in [2.75, 3.05) is 25.6 Å². The molecule has 18 heavy (non-hydrogen) atoms. The molecule has 0 bridgehead atoms. The maximum Gasteiger partial charge on any atom is 0.249 e. The normalized spacial score (nSPS) is 12.0. The fourth-order valence-electron chi connectivity index (χ4n) is 1.62. The zero-order valence-corrected chi connectivity index (χ0v) is 11.4. The Hall–Kier alpha value is -1.62. The fourth-order valence-corrected chi connectivity index (χ4v) is 1.62. The molecule has 5 heteroatoms. The van der Waals surface area contributed by atoms with Gasteiger partial charge in [-0.1, -0.05) is 6.07 Å². The Morgan fingerprint density at radius 3 is 2.89 bits per heavy atom. The summed E-state index contributed by atoms with van der Waals surface area (Å²) in [6, 6.07) is 3.81. The van der Waals surface area contributed by atoms with Crippen LogP contribution >= 0.6 is 0 Å². The monoisotopic (exact) mass is 251 g/mol. The van der Waals surface area contributed by atoms with E-state index in [-0.39, 0.29) is 5.91 Å². The number of carbonyl (C=O) groups excluding carboxylic acids is 1. The van der Waals surface area contributed by atoms with Crippen molar-refractivity contribution in [3.05, 3.63) is 23.9 Å². The third-order valence-corrected chi connectivity index (χ3v) is 2.53. The summed E-state index contributed by atoms with van der Waals surface area (Å²) in [6.45, 7) is 4.60. The van der Waals surface area contributed by atoms with Crippen molar-refractivity contribution in [2.24, 2.45) is 0 Å². The Morgan fingerprint density at radius 1 is 1.56 bits per heavy atom. The number of hydrogen-bond donors (Lipinski definition) is 1. The topological polar surface area (TPSA) is 54.5 Å². The summed E-state index contributed by atoms with van der Waals surface area (Å²) in [5.74, 6) is 0.757. The Labute approximate surface area is 108 Å². The van der Waals surface area contributed by atoms with Crippen LogP contribution in [0.1, 0.15) is 19.4 Å². The second-order valence-electron chi connectivity index (χ2n) is 4.20. The highest BCUT2D eigenvalue weighted by Crippen LogP contribution is 2.13. The number of carbonyl (C=O) groups is 1. The van der Waals surface area contributed by atoms with Crippen LogP contribution in [0.5, 0.6) is 0 Å². The molecule has 0 saturated heterocycles. The molecule has 0 fully saturated rings. The zero-order chi connectivity index (χ0) is 13.5. The fraction of sp³-hybridized carbons (Fsp3) is 0.538. The van der Waals surface area contributed by atoms with Gasteiger partial charge < -0.3 is 15.0 Å². The number of ether oxygens (including phenoxy) is 1.